The fourth-order valence-corrected chi connectivity index (χ4v) is 1.97. The molecule has 8 heteroatoms. The number of aromatic amines is 1. The number of primary amides is 1. The van der Waals surface area contributed by atoms with E-state index in [2.05, 4.69) is 37.7 Å². The zero-order chi connectivity index (χ0) is 15.4. The SMILES string of the molecule is CCCNc1nc(NC(C(N)=O)C(C)C)c2cn[nH]c2n1. The minimum Gasteiger partial charge on any atom is -0.368 e. The zero-order valence-electron chi connectivity index (χ0n) is 12.5. The number of fused-ring (bicyclic) bond motifs is 1. The Morgan fingerprint density at radius 3 is 2.81 bits per heavy atom. The molecule has 0 radical (unpaired) electrons. The Labute approximate surface area is 122 Å². The normalized spacial score (nSPS) is 12.6. The lowest BCUT2D eigenvalue weighted by Gasteiger charge is -2.20. The van der Waals surface area contributed by atoms with Crippen LogP contribution < -0.4 is 16.4 Å². The monoisotopic (exact) mass is 291 g/mol. The van der Waals surface area contributed by atoms with Crippen LogP contribution in [0.25, 0.3) is 11.0 Å². The summed E-state index contributed by atoms with van der Waals surface area (Å²) in [6.07, 6.45) is 2.59. The van der Waals surface area contributed by atoms with E-state index in [9.17, 15) is 4.79 Å². The fourth-order valence-electron chi connectivity index (χ4n) is 1.97. The number of amides is 1. The van der Waals surface area contributed by atoms with Crippen LogP contribution in [0.4, 0.5) is 11.8 Å². The molecule has 0 aliphatic heterocycles. The van der Waals surface area contributed by atoms with Gasteiger partial charge in [0.2, 0.25) is 11.9 Å². The third-order valence-corrected chi connectivity index (χ3v) is 3.11. The van der Waals surface area contributed by atoms with Crippen LogP contribution >= 0.6 is 0 Å². The highest BCUT2D eigenvalue weighted by Gasteiger charge is 2.21. The number of anilines is 2. The van der Waals surface area contributed by atoms with Gasteiger partial charge in [-0.15, -0.1) is 0 Å². The van der Waals surface area contributed by atoms with E-state index in [0.29, 0.717) is 17.4 Å². The molecule has 0 aromatic carbocycles. The highest BCUT2D eigenvalue weighted by molar-refractivity contribution is 5.90. The van der Waals surface area contributed by atoms with Crippen LogP contribution in [0.5, 0.6) is 0 Å². The third kappa shape index (κ3) is 3.39. The number of hydrogen-bond acceptors (Lipinski definition) is 6. The van der Waals surface area contributed by atoms with Crippen molar-refractivity contribution >= 4 is 28.7 Å². The molecular weight excluding hydrogens is 270 g/mol. The lowest BCUT2D eigenvalue weighted by molar-refractivity contribution is -0.119. The molecule has 1 amide bonds. The molecule has 0 saturated carbocycles. The molecule has 8 nitrogen and oxygen atoms in total. The number of carbonyl (C=O) groups is 1. The van der Waals surface area contributed by atoms with Gasteiger partial charge in [-0.25, -0.2) is 0 Å². The minimum atomic E-state index is -0.503. The Kier molecular flexibility index (Phi) is 4.56. The zero-order valence-corrected chi connectivity index (χ0v) is 12.5. The molecule has 5 N–H and O–H groups in total. The summed E-state index contributed by atoms with van der Waals surface area (Å²) in [5, 5.41) is 13.7. The summed E-state index contributed by atoms with van der Waals surface area (Å²) < 4.78 is 0. The van der Waals surface area contributed by atoms with E-state index < -0.39 is 11.9 Å². The van der Waals surface area contributed by atoms with E-state index in [4.69, 9.17) is 5.73 Å². The van der Waals surface area contributed by atoms with Crippen molar-refractivity contribution in [3.05, 3.63) is 6.20 Å². The second kappa shape index (κ2) is 6.38. The summed E-state index contributed by atoms with van der Waals surface area (Å²) in [6, 6.07) is -0.503. The number of rotatable bonds is 7. The van der Waals surface area contributed by atoms with Gasteiger partial charge >= 0.3 is 0 Å². The molecule has 0 bridgehead atoms. The first kappa shape index (κ1) is 15.0. The maximum atomic E-state index is 11.6. The molecule has 2 aromatic rings. The molecule has 2 aromatic heterocycles. The van der Waals surface area contributed by atoms with Crippen molar-refractivity contribution in [3.8, 4) is 0 Å². The number of aromatic nitrogens is 4. The van der Waals surface area contributed by atoms with Crippen LogP contribution in [-0.2, 0) is 4.79 Å². The van der Waals surface area contributed by atoms with Crippen molar-refractivity contribution in [3.63, 3.8) is 0 Å². The van der Waals surface area contributed by atoms with Gasteiger partial charge in [-0.3, -0.25) is 9.89 Å². The molecule has 0 aliphatic rings. The van der Waals surface area contributed by atoms with Crippen LogP contribution in [0, 0.1) is 5.92 Å². The third-order valence-electron chi connectivity index (χ3n) is 3.11. The largest absolute Gasteiger partial charge is 0.368 e. The summed E-state index contributed by atoms with van der Waals surface area (Å²) in [5.74, 6) is 0.669. The van der Waals surface area contributed by atoms with Gasteiger partial charge in [0.15, 0.2) is 5.65 Å². The number of nitrogens with zero attached hydrogens (tertiary/aromatic N) is 3. The second-order valence-electron chi connectivity index (χ2n) is 5.22. The van der Waals surface area contributed by atoms with Crippen molar-refractivity contribution < 1.29 is 4.79 Å². The Hall–Kier alpha value is -2.38. The molecule has 2 rings (SSSR count). The van der Waals surface area contributed by atoms with Crippen molar-refractivity contribution in [2.45, 2.75) is 33.2 Å². The van der Waals surface area contributed by atoms with Crippen molar-refractivity contribution in [1.29, 1.82) is 0 Å². The fraction of sp³-hybridized carbons (Fsp3) is 0.538. The minimum absolute atomic E-state index is 0.0477. The van der Waals surface area contributed by atoms with Crippen molar-refractivity contribution in [2.75, 3.05) is 17.2 Å². The predicted molar refractivity (Wildman–Crippen MR) is 81.9 cm³/mol. The van der Waals surface area contributed by atoms with E-state index in [0.717, 1.165) is 18.4 Å². The molecule has 0 saturated heterocycles. The van der Waals surface area contributed by atoms with Gasteiger partial charge in [0.25, 0.3) is 0 Å². The lowest BCUT2D eigenvalue weighted by atomic mass is 10.0. The van der Waals surface area contributed by atoms with E-state index >= 15 is 0 Å². The molecule has 1 atom stereocenters. The summed E-state index contributed by atoms with van der Waals surface area (Å²) >= 11 is 0. The first-order valence-corrected chi connectivity index (χ1v) is 7.03. The average molecular weight is 291 g/mol. The molecule has 21 heavy (non-hydrogen) atoms. The van der Waals surface area contributed by atoms with Gasteiger partial charge in [0.05, 0.1) is 11.6 Å². The van der Waals surface area contributed by atoms with Crippen molar-refractivity contribution in [2.24, 2.45) is 11.7 Å². The molecule has 2 heterocycles. The smallest absolute Gasteiger partial charge is 0.240 e. The van der Waals surface area contributed by atoms with Gasteiger partial charge in [-0.05, 0) is 12.3 Å². The quantitative estimate of drug-likeness (QED) is 0.606. The highest BCUT2D eigenvalue weighted by Crippen LogP contribution is 2.22. The topological polar surface area (TPSA) is 122 Å². The van der Waals surface area contributed by atoms with Gasteiger partial charge < -0.3 is 16.4 Å². The van der Waals surface area contributed by atoms with E-state index in [1.54, 1.807) is 6.20 Å². The van der Waals surface area contributed by atoms with Gasteiger partial charge in [-0.2, -0.15) is 15.1 Å². The summed E-state index contributed by atoms with van der Waals surface area (Å²) in [6.45, 7) is 6.67. The Bertz CT molecular complexity index is 622. The van der Waals surface area contributed by atoms with Gasteiger partial charge in [-0.1, -0.05) is 20.8 Å². The van der Waals surface area contributed by atoms with Crippen LogP contribution in [0.15, 0.2) is 6.20 Å². The van der Waals surface area contributed by atoms with Gasteiger partial charge in [0.1, 0.15) is 11.9 Å². The van der Waals surface area contributed by atoms with Gasteiger partial charge in [0, 0.05) is 6.54 Å². The number of nitrogens with one attached hydrogen (secondary N) is 3. The number of carbonyl (C=O) groups excluding carboxylic acids is 1. The van der Waals surface area contributed by atoms with E-state index in [-0.39, 0.29) is 5.92 Å². The average Bonchev–Trinajstić information content (AvgIpc) is 2.89. The standard InChI is InChI=1S/C13H21N7O/c1-4-5-15-13-18-11(8-6-16-20-12(8)19-13)17-9(7(2)3)10(14)21/h6-7,9H,4-5H2,1-3H3,(H2,14,21)(H3,15,16,17,18,19,20). The molecule has 0 aliphatic carbocycles. The maximum Gasteiger partial charge on any atom is 0.240 e. The molecule has 114 valence electrons. The first-order valence-electron chi connectivity index (χ1n) is 7.03. The van der Waals surface area contributed by atoms with E-state index in [1.807, 2.05) is 13.8 Å². The molecular formula is C13H21N7O. The molecule has 1 unspecified atom stereocenters. The number of H-pyrrole nitrogens is 1. The van der Waals surface area contributed by atoms with Crippen LogP contribution in [-0.4, -0.2) is 38.7 Å². The molecule has 0 spiro atoms. The second-order valence-corrected chi connectivity index (χ2v) is 5.22. The van der Waals surface area contributed by atoms with Crippen LogP contribution in [0.2, 0.25) is 0 Å². The maximum absolute atomic E-state index is 11.6. The summed E-state index contributed by atoms with van der Waals surface area (Å²) in [7, 11) is 0. The molecule has 0 fully saturated rings. The Balaban J connectivity index is 2.36. The Morgan fingerprint density at radius 1 is 1.43 bits per heavy atom. The number of nitrogens with two attached hydrogens (primary N) is 1. The van der Waals surface area contributed by atoms with Crippen LogP contribution in [0.3, 0.4) is 0 Å². The first-order chi connectivity index (χ1) is 10.0. The van der Waals surface area contributed by atoms with E-state index in [1.165, 1.54) is 0 Å². The van der Waals surface area contributed by atoms with Crippen LogP contribution in [0.1, 0.15) is 27.2 Å². The van der Waals surface area contributed by atoms with Crippen molar-refractivity contribution in [1.82, 2.24) is 20.2 Å². The predicted octanol–water partition coefficient (Wildman–Crippen LogP) is 1.10. The summed E-state index contributed by atoms with van der Waals surface area (Å²) in [4.78, 5) is 20.3. The Morgan fingerprint density at radius 2 is 2.19 bits per heavy atom. The summed E-state index contributed by atoms with van der Waals surface area (Å²) in [5.41, 5.74) is 6.05. The highest BCUT2D eigenvalue weighted by atomic mass is 16.1. The lowest BCUT2D eigenvalue weighted by Crippen LogP contribution is -2.39. The number of hydrogen-bond donors (Lipinski definition) is 4.